The van der Waals surface area contributed by atoms with E-state index < -0.39 is 11.9 Å². The smallest absolute Gasteiger partial charge is 0.311 e. The molecule has 5 rings (SSSR count). The lowest BCUT2D eigenvalue weighted by Gasteiger charge is -2.14. The van der Waals surface area contributed by atoms with Crippen molar-refractivity contribution in [2.45, 2.75) is 18.9 Å². The van der Waals surface area contributed by atoms with Gasteiger partial charge in [-0.15, -0.1) is 10.2 Å². The van der Waals surface area contributed by atoms with Gasteiger partial charge in [0.15, 0.2) is 0 Å². The highest BCUT2D eigenvalue weighted by molar-refractivity contribution is 6.04. The van der Waals surface area contributed by atoms with Gasteiger partial charge in [0.2, 0.25) is 0 Å². The fourth-order valence-electron chi connectivity index (χ4n) is 4.22. The summed E-state index contributed by atoms with van der Waals surface area (Å²) in [5, 5.41) is 23.5. The molecule has 0 saturated heterocycles. The zero-order valence-electron chi connectivity index (χ0n) is 18.4. The van der Waals surface area contributed by atoms with E-state index in [0.29, 0.717) is 12.3 Å². The molecule has 34 heavy (non-hydrogen) atoms. The van der Waals surface area contributed by atoms with Crippen molar-refractivity contribution in [1.82, 2.24) is 19.4 Å². The number of nitrogens with zero attached hydrogens (tertiary/aromatic N) is 5. The monoisotopic (exact) mass is 449 g/mol. The van der Waals surface area contributed by atoms with Crippen LogP contribution in [0.3, 0.4) is 0 Å². The topological polar surface area (TPSA) is 85.3 Å². The SMILES string of the molecule is O=C(O)C(C/C(=N\n1cnnc1)c1ccccc1)c1cn(Cc2ccccc2)c2ccccc12. The molecule has 1 N–H and O–H groups in total. The molecule has 0 radical (unpaired) electrons. The minimum absolute atomic E-state index is 0.219. The Hall–Kier alpha value is -4.52. The minimum atomic E-state index is -0.894. The zero-order chi connectivity index (χ0) is 23.3. The van der Waals surface area contributed by atoms with Crippen LogP contribution in [0.2, 0.25) is 0 Å². The molecule has 168 valence electrons. The number of rotatable bonds is 8. The van der Waals surface area contributed by atoms with Gasteiger partial charge in [0.25, 0.3) is 0 Å². The molecule has 0 saturated carbocycles. The lowest BCUT2D eigenvalue weighted by molar-refractivity contribution is -0.138. The van der Waals surface area contributed by atoms with Crippen LogP contribution in [0.15, 0.2) is 109 Å². The van der Waals surface area contributed by atoms with Crippen LogP contribution in [0.5, 0.6) is 0 Å². The molecule has 7 heteroatoms. The van der Waals surface area contributed by atoms with Crippen LogP contribution in [0, 0.1) is 0 Å². The fourth-order valence-corrected chi connectivity index (χ4v) is 4.22. The van der Waals surface area contributed by atoms with Gasteiger partial charge in [-0.05, 0) is 22.8 Å². The summed E-state index contributed by atoms with van der Waals surface area (Å²) in [5.74, 6) is -1.67. The van der Waals surface area contributed by atoms with Crippen molar-refractivity contribution in [1.29, 1.82) is 0 Å². The summed E-state index contributed by atoms with van der Waals surface area (Å²) in [5.41, 5.74) is 4.43. The van der Waals surface area contributed by atoms with Crippen LogP contribution in [-0.2, 0) is 11.3 Å². The van der Waals surface area contributed by atoms with E-state index in [1.165, 1.54) is 17.3 Å². The number of para-hydroxylation sites is 1. The Morgan fingerprint density at radius 1 is 0.882 bits per heavy atom. The Labute approximate surface area is 196 Å². The first-order valence-corrected chi connectivity index (χ1v) is 11.0. The van der Waals surface area contributed by atoms with Gasteiger partial charge in [0.1, 0.15) is 12.7 Å². The molecule has 3 aromatic carbocycles. The summed E-state index contributed by atoms with van der Waals surface area (Å²) in [6.07, 6.45) is 5.17. The second-order valence-electron chi connectivity index (χ2n) is 8.06. The van der Waals surface area contributed by atoms with E-state index in [2.05, 4.69) is 32.0 Å². The first-order valence-electron chi connectivity index (χ1n) is 11.0. The van der Waals surface area contributed by atoms with Crippen molar-refractivity contribution in [2.75, 3.05) is 0 Å². The molecule has 7 nitrogen and oxygen atoms in total. The van der Waals surface area contributed by atoms with E-state index >= 15 is 0 Å². The minimum Gasteiger partial charge on any atom is -0.481 e. The molecule has 0 spiro atoms. The Balaban J connectivity index is 1.57. The molecule has 1 unspecified atom stereocenters. The molecule has 0 amide bonds. The average Bonchev–Trinajstić information content (AvgIpc) is 3.51. The number of carbonyl (C=O) groups is 1. The normalized spacial score (nSPS) is 12.6. The first-order chi connectivity index (χ1) is 16.7. The predicted octanol–water partition coefficient (Wildman–Crippen LogP) is 4.79. The van der Waals surface area contributed by atoms with Gasteiger partial charge in [-0.25, -0.2) is 4.68 Å². The Morgan fingerprint density at radius 3 is 2.24 bits per heavy atom. The highest BCUT2D eigenvalue weighted by atomic mass is 16.4. The summed E-state index contributed by atoms with van der Waals surface area (Å²) in [6.45, 7) is 0.661. The molecule has 5 aromatic rings. The maximum atomic E-state index is 12.6. The molecule has 0 bridgehead atoms. The van der Waals surface area contributed by atoms with Crippen LogP contribution in [0.4, 0.5) is 0 Å². The third kappa shape index (κ3) is 4.49. The molecular formula is C27H23N5O2. The molecule has 2 aromatic heterocycles. The van der Waals surface area contributed by atoms with Crippen molar-refractivity contribution in [3.8, 4) is 0 Å². The van der Waals surface area contributed by atoms with E-state index in [1.54, 1.807) is 0 Å². The summed E-state index contributed by atoms with van der Waals surface area (Å²) >= 11 is 0. The van der Waals surface area contributed by atoms with E-state index in [1.807, 2.05) is 79.0 Å². The van der Waals surface area contributed by atoms with Crippen LogP contribution in [-0.4, -0.2) is 36.2 Å². The zero-order valence-corrected chi connectivity index (χ0v) is 18.4. The van der Waals surface area contributed by atoms with Crippen molar-refractivity contribution in [3.63, 3.8) is 0 Å². The number of aromatic nitrogens is 4. The Morgan fingerprint density at radius 2 is 1.53 bits per heavy atom. The van der Waals surface area contributed by atoms with Gasteiger partial charge in [-0.1, -0.05) is 78.9 Å². The molecular weight excluding hydrogens is 426 g/mol. The lowest BCUT2D eigenvalue weighted by atomic mass is 9.91. The van der Waals surface area contributed by atoms with E-state index in [-0.39, 0.29) is 6.42 Å². The van der Waals surface area contributed by atoms with Gasteiger partial charge in [0.05, 0.1) is 11.6 Å². The number of fused-ring (bicyclic) bond motifs is 1. The fraction of sp³-hybridized carbons (Fsp3) is 0.111. The summed E-state index contributed by atoms with van der Waals surface area (Å²) in [4.78, 5) is 12.6. The summed E-state index contributed by atoms with van der Waals surface area (Å²) < 4.78 is 3.62. The van der Waals surface area contributed by atoms with Crippen LogP contribution in [0.1, 0.15) is 29.0 Å². The highest BCUT2D eigenvalue weighted by Crippen LogP contribution is 2.32. The molecule has 0 aliphatic heterocycles. The Kier molecular flexibility index (Phi) is 5.99. The van der Waals surface area contributed by atoms with Crippen LogP contribution in [0.25, 0.3) is 10.9 Å². The van der Waals surface area contributed by atoms with E-state index in [0.717, 1.165) is 27.6 Å². The van der Waals surface area contributed by atoms with Crippen LogP contribution < -0.4 is 0 Å². The standard InChI is InChI=1S/C27H23N5O2/c33-27(34)23(15-25(21-11-5-2-6-12-21)30-32-18-28-29-19-32)24-17-31(16-20-9-3-1-4-10-20)26-14-8-7-13-22(24)26/h1-14,17-19,23H,15-16H2,(H,33,34)/b30-25+. The quantitative estimate of drug-likeness (QED) is 0.345. The molecule has 1 atom stereocenters. The number of hydrogen-bond donors (Lipinski definition) is 1. The molecule has 0 aliphatic carbocycles. The number of hydrogen-bond acceptors (Lipinski definition) is 4. The summed E-state index contributed by atoms with van der Waals surface area (Å²) in [7, 11) is 0. The predicted molar refractivity (Wildman–Crippen MR) is 131 cm³/mol. The van der Waals surface area contributed by atoms with Crippen LogP contribution >= 0.6 is 0 Å². The number of aliphatic carboxylic acids is 1. The van der Waals surface area contributed by atoms with Crippen molar-refractivity contribution in [2.24, 2.45) is 5.10 Å². The Bertz CT molecular complexity index is 1420. The van der Waals surface area contributed by atoms with Crippen molar-refractivity contribution < 1.29 is 9.90 Å². The largest absolute Gasteiger partial charge is 0.481 e. The maximum absolute atomic E-state index is 12.6. The lowest BCUT2D eigenvalue weighted by Crippen LogP contribution is -2.17. The van der Waals surface area contributed by atoms with Gasteiger partial charge in [0, 0.05) is 30.1 Å². The number of carboxylic acid groups (broad SMARTS) is 1. The van der Waals surface area contributed by atoms with E-state index in [4.69, 9.17) is 0 Å². The van der Waals surface area contributed by atoms with Gasteiger partial charge in [-0.2, -0.15) is 5.10 Å². The van der Waals surface area contributed by atoms with Gasteiger partial charge < -0.3 is 9.67 Å². The summed E-state index contributed by atoms with van der Waals surface area (Å²) in [6, 6.07) is 27.7. The second kappa shape index (κ2) is 9.54. The average molecular weight is 450 g/mol. The third-order valence-corrected chi connectivity index (χ3v) is 5.84. The van der Waals surface area contributed by atoms with Gasteiger partial charge in [-0.3, -0.25) is 4.79 Å². The second-order valence-corrected chi connectivity index (χ2v) is 8.06. The molecule has 2 heterocycles. The third-order valence-electron chi connectivity index (χ3n) is 5.84. The van der Waals surface area contributed by atoms with Gasteiger partial charge >= 0.3 is 5.97 Å². The molecule has 0 fully saturated rings. The number of carboxylic acids is 1. The van der Waals surface area contributed by atoms with E-state index in [9.17, 15) is 9.90 Å². The van der Waals surface area contributed by atoms with Crippen molar-refractivity contribution >= 4 is 22.6 Å². The number of benzene rings is 3. The molecule has 0 aliphatic rings. The van der Waals surface area contributed by atoms with Crippen molar-refractivity contribution in [3.05, 3.63) is 120 Å². The maximum Gasteiger partial charge on any atom is 0.311 e. The first kappa shape index (κ1) is 21.3. The highest BCUT2D eigenvalue weighted by Gasteiger charge is 2.27.